The van der Waals surface area contributed by atoms with Gasteiger partial charge in [0.2, 0.25) is 11.6 Å². The van der Waals surface area contributed by atoms with Gasteiger partial charge < -0.3 is 9.64 Å². The number of hydrogen-bond donors (Lipinski definition) is 2. The number of amides is 1. The van der Waals surface area contributed by atoms with E-state index in [1.165, 1.54) is 18.5 Å². The van der Waals surface area contributed by atoms with Gasteiger partial charge in [0.05, 0.1) is 9.95 Å². The summed E-state index contributed by atoms with van der Waals surface area (Å²) in [6.45, 7) is 3.05. The van der Waals surface area contributed by atoms with Crippen LogP contribution >= 0.6 is 23.2 Å². The molecular formula is C18H20Cl2N6O4. The molecule has 0 spiro atoms. The van der Waals surface area contributed by atoms with Crippen molar-refractivity contribution >= 4 is 46.4 Å². The SMILES string of the molecule is CC1CCCN(c2ncnc(NNC(=O)COc3ccc(Cl)cc3Cl)c2[N+](=O)[O-])C1. The molecule has 1 fully saturated rings. The summed E-state index contributed by atoms with van der Waals surface area (Å²) in [5, 5.41) is 12.4. The highest BCUT2D eigenvalue weighted by Gasteiger charge is 2.29. The maximum absolute atomic E-state index is 12.1. The standard InChI is InChI=1S/C18H20Cl2N6O4/c1-11-3-2-6-25(8-11)18-16(26(28)29)17(21-10-22-18)24-23-15(27)9-30-14-5-4-12(19)7-13(14)20/h4-5,7,10-11H,2-3,6,8-9H2,1H3,(H,23,27)(H,21,22,24). The average Bonchev–Trinajstić information content (AvgIpc) is 2.71. The van der Waals surface area contributed by atoms with Crippen LogP contribution in [0.5, 0.6) is 5.75 Å². The van der Waals surface area contributed by atoms with E-state index < -0.39 is 10.8 Å². The van der Waals surface area contributed by atoms with Gasteiger partial charge in [0.15, 0.2) is 6.61 Å². The Balaban J connectivity index is 1.66. The van der Waals surface area contributed by atoms with Gasteiger partial charge in [-0.05, 0) is 37.0 Å². The topological polar surface area (TPSA) is 123 Å². The molecule has 1 aromatic heterocycles. The Kier molecular flexibility index (Phi) is 7.11. The Morgan fingerprint density at radius 1 is 1.40 bits per heavy atom. The molecule has 30 heavy (non-hydrogen) atoms. The number of hydrogen-bond acceptors (Lipinski definition) is 8. The zero-order chi connectivity index (χ0) is 21.7. The second-order valence-electron chi connectivity index (χ2n) is 6.88. The summed E-state index contributed by atoms with van der Waals surface area (Å²) in [6, 6.07) is 4.60. The summed E-state index contributed by atoms with van der Waals surface area (Å²) in [5.74, 6) is 0.220. The van der Waals surface area contributed by atoms with Gasteiger partial charge in [-0.15, -0.1) is 0 Å². The van der Waals surface area contributed by atoms with Crippen LogP contribution in [0, 0.1) is 16.0 Å². The van der Waals surface area contributed by atoms with Crippen molar-refractivity contribution in [2.24, 2.45) is 5.92 Å². The minimum absolute atomic E-state index is 0.110. The first kappa shape index (κ1) is 21.8. The fourth-order valence-corrected chi connectivity index (χ4v) is 3.61. The van der Waals surface area contributed by atoms with Crippen LogP contribution < -0.4 is 20.5 Å². The van der Waals surface area contributed by atoms with Gasteiger partial charge >= 0.3 is 5.69 Å². The van der Waals surface area contributed by atoms with Crippen LogP contribution in [-0.4, -0.2) is 40.5 Å². The number of nitrogens with zero attached hydrogens (tertiary/aromatic N) is 4. The smallest absolute Gasteiger partial charge is 0.355 e. The monoisotopic (exact) mass is 454 g/mol. The van der Waals surface area contributed by atoms with Gasteiger partial charge in [-0.1, -0.05) is 30.1 Å². The summed E-state index contributed by atoms with van der Waals surface area (Å²) < 4.78 is 5.33. The fraction of sp³-hybridized carbons (Fsp3) is 0.389. The van der Waals surface area contributed by atoms with E-state index in [9.17, 15) is 14.9 Å². The van der Waals surface area contributed by atoms with Crippen LogP contribution in [0.4, 0.5) is 17.3 Å². The highest BCUT2D eigenvalue weighted by molar-refractivity contribution is 6.35. The first-order chi connectivity index (χ1) is 14.3. The molecule has 0 saturated carbocycles. The number of carbonyl (C=O) groups excluding carboxylic acids is 1. The third kappa shape index (κ3) is 5.39. The third-order valence-electron chi connectivity index (χ3n) is 4.52. The number of nitrogens with one attached hydrogen (secondary N) is 2. The Bertz CT molecular complexity index is 945. The van der Waals surface area contributed by atoms with E-state index in [-0.39, 0.29) is 34.7 Å². The number of nitro groups is 1. The molecule has 10 nitrogen and oxygen atoms in total. The second kappa shape index (κ2) is 9.77. The van der Waals surface area contributed by atoms with Gasteiger partial charge in [-0.25, -0.2) is 9.97 Å². The molecule has 1 saturated heterocycles. The zero-order valence-corrected chi connectivity index (χ0v) is 17.6. The van der Waals surface area contributed by atoms with Crippen LogP contribution in [0.25, 0.3) is 0 Å². The first-order valence-corrected chi connectivity index (χ1v) is 9.97. The van der Waals surface area contributed by atoms with E-state index in [1.807, 2.05) is 4.90 Å². The van der Waals surface area contributed by atoms with Gasteiger partial charge in [-0.3, -0.25) is 25.8 Å². The van der Waals surface area contributed by atoms with Crippen molar-refractivity contribution in [1.82, 2.24) is 15.4 Å². The first-order valence-electron chi connectivity index (χ1n) is 9.22. The lowest BCUT2D eigenvalue weighted by molar-refractivity contribution is -0.383. The van der Waals surface area contributed by atoms with Crippen LogP contribution in [0.1, 0.15) is 19.8 Å². The number of anilines is 2. The predicted octanol–water partition coefficient (Wildman–Crippen LogP) is 3.45. The number of rotatable bonds is 7. The predicted molar refractivity (Wildman–Crippen MR) is 113 cm³/mol. The number of carbonyl (C=O) groups is 1. The van der Waals surface area contributed by atoms with Gasteiger partial charge in [0, 0.05) is 18.1 Å². The van der Waals surface area contributed by atoms with Crippen molar-refractivity contribution in [2.75, 3.05) is 30.0 Å². The highest BCUT2D eigenvalue weighted by atomic mass is 35.5. The molecule has 1 unspecified atom stereocenters. The molecule has 1 aliphatic heterocycles. The molecule has 12 heteroatoms. The van der Waals surface area contributed by atoms with Gasteiger partial charge in [-0.2, -0.15) is 0 Å². The largest absolute Gasteiger partial charge is 0.482 e. The van der Waals surface area contributed by atoms with Crippen LogP contribution in [0.2, 0.25) is 10.0 Å². The van der Waals surface area contributed by atoms with Gasteiger partial charge in [0.1, 0.15) is 12.1 Å². The van der Waals surface area contributed by atoms with E-state index in [1.54, 1.807) is 6.07 Å². The Morgan fingerprint density at radius 2 is 2.20 bits per heavy atom. The number of halogens is 2. The maximum Gasteiger partial charge on any atom is 0.355 e. The number of ether oxygens (including phenoxy) is 1. The quantitative estimate of drug-likeness (QED) is 0.481. The third-order valence-corrected chi connectivity index (χ3v) is 5.05. The lowest BCUT2D eigenvalue weighted by Crippen LogP contribution is -2.36. The molecular weight excluding hydrogens is 435 g/mol. The molecule has 2 N–H and O–H groups in total. The normalized spacial score (nSPS) is 16.1. The number of benzene rings is 1. The lowest BCUT2D eigenvalue weighted by Gasteiger charge is -2.31. The summed E-state index contributed by atoms with van der Waals surface area (Å²) >= 11 is 11.8. The van der Waals surface area contributed by atoms with Crippen molar-refractivity contribution < 1.29 is 14.5 Å². The molecule has 2 heterocycles. The number of aromatic nitrogens is 2. The van der Waals surface area contributed by atoms with Crippen LogP contribution in [0.15, 0.2) is 24.5 Å². The molecule has 2 aromatic rings. The van der Waals surface area contributed by atoms with Crippen molar-refractivity contribution in [3.8, 4) is 5.75 Å². The molecule has 0 bridgehead atoms. The molecule has 160 valence electrons. The van der Waals surface area contributed by atoms with E-state index in [0.29, 0.717) is 24.0 Å². The fourth-order valence-electron chi connectivity index (χ4n) is 3.14. The number of piperidine rings is 1. The van der Waals surface area contributed by atoms with Crippen molar-refractivity contribution in [2.45, 2.75) is 19.8 Å². The molecule has 3 rings (SSSR count). The Morgan fingerprint density at radius 3 is 2.90 bits per heavy atom. The maximum atomic E-state index is 12.1. The minimum atomic E-state index is -0.581. The van der Waals surface area contributed by atoms with Crippen molar-refractivity contribution in [3.63, 3.8) is 0 Å². The molecule has 1 aliphatic rings. The Hall–Kier alpha value is -2.85. The summed E-state index contributed by atoms with van der Waals surface area (Å²) in [5.41, 5.74) is 4.53. The summed E-state index contributed by atoms with van der Waals surface area (Å²) in [4.78, 5) is 33.1. The van der Waals surface area contributed by atoms with Crippen molar-refractivity contribution in [3.05, 3.63) is 44.7 Å². The average molecular weight is 455 g/mol. The molecule has 0 aliphatic carbocycles. The summed E-state index contributed by atoms with van der Waals surface area (Å²) in [6.07, 6.45) is 3.21. The second-order valence-corrected chi connectivity index (χ2v) is 7.73. The van der Waals surface area contributed by atoms with E-state index in [4.69, 9.17) is 27.9 Å². The van der Waals surface area contributed by atoms with E-state index in [0.717, 1.165) is 12.8 Å². The highest BCUT2D eigenvalue weighted by Crippen LogP contribution is 2.33. The lowest BCUT2D eigenvalue weighted by atomic mass is 10.0. The van der Waals surface area contributed by atoms with Crippen molar-refractivity contribution in [1.29, 1.82) is 0 Å². The van der Waals surface area contributed by atoms with E-state index >= 15 is 0 Å². The van der Waals surface area contributed by atoms with Crippen LogP contribution in [0.3, 0.4) is 0 Å². The van der Waals surface area contributed by atoms with E-state index in [2.05, 4.69) is 27.7 Å². The molecule has 1 atom stereocenters. The molecule has 0 radical (unpaired) electrons. The summed E-state index contributed by atoms with van der Waals surface area (Å²) in [7, 11) is 0. The minimum Gasteiger partial charge on any atom is -0.482 e. The van der Waals surface area contributed by atoms with Gasteiger partial charge in [0.25, 0.3) is 5.91 Å². The Labute approximate surface area is 182 Å². The zero-order valence-electron chi connectivity index (χ0n) is 16.1. The van der Waals surface area contributed by atoms with Crippen LogP contribution in [-0.2, 0) is 4.79 Å². The molecule has 1 amide bonds. The number of hydrazine groups is 1. The molecule has 1 aromatic carbocycles.